The molecule has 1 fully saturated rings. The van der Waals surface area contributed by atoms with Crippen molar-refractivity contribution in [2.45, 2.75) is 43.4 Å². The fourth-order valence-corrected chi connectivity index (χ4v) is 4.40. The summed E-state index contributed by atoms with van der Waals surface area (Å²) in [5.74, 6) is 0. The van der Waals surface area contributed by atoms with Crippen molar-refractivity contribution in [3.05, 3.63) is 38.3 Å². The topological polar surface area (TPSA) is 55.2 Å². The van der Waals surface area contributed by atoms with Crippen LogP contribution < -0.4 is 5.32 Å². The first-order chi connectivity index (χ1) is 10.0. The molecular weight excluding hydrogens is 352 g/mol. The van der Waals surface area contributed by atoms with E-state index in [-0.39, 0.29) is 10.6 Å². The Labute approximate surface area is 138 Å². The smallest absolute Gasteiger partial charge is 0.270 e. The number of nitro benzene ring substituents is 1. The van der Waals surface area contributed by atoms with Crippen LogP contribution in [-0.4, -0.2) is 22.5 Å². The van der Waals surface area contributed by atoms with Crippen molar-refractivity contribution in [2.75, 3.05) is 12.8 Å². The van der Waals surface area contributed by atoms with Gasteiger partial charge in [0.2, 0.25) is 0 Å². The highest BCUT2D eigenvalue weighted by molar-refractivity contribution is 9.10. The standard InChI is InChI=1S/C15H21BrN2O2S/c1-21-15(5-3-2-4-6-15)11-17-10-12-7-13(16)9-14(8-12)18(19)20/h7-9,17H,2-6,10-11H2,1H3. The first kappa shape index (κ1) is 16.8. The van der Waals surface area contributed by atoms with Gasteiger partial charge < -0.3 is 5.32 Å². The zero-order valence-electron chi connectivity index (χ0n) is 12.2. The van der Waals surface area contributed by atoms with Gasteiger partial charge in [-0.2, -0.15) is 11.8 Å². The molecule has 0 atom stereocenters. The summed E-state index contributed by atoms with van der Waals surface area (Å²) in [5, 5.41) is 14.4. The third-order valence-corrected chi connectivity index (χ3v) is 6.00. The molecule has 1 aromatic rings. The molecule has 0 aliphatic heterocycles. The molecule has 0 amide bonds. The largest absolute Gasteiger partial charge is 0.311 e. The molecule has 2 rings (SSSR count). The van der Waals surface area contributed by atoms with E-state index in [2.05, 4.69) is 27.5 Å². The summed E-state index contributed by atoms with van der Waals surface area (Å²) in [5.41, 5.74) is 1.08. The number of halogens is 1. The van der Waals surface area contributed by atoms with Gasteiger partial charge >= 0.3 is 0 Å². The van der Waals surface area contributed by atoms with E-state index in [0.717, 1.165) is 16.6 Å². The molecule has 116 valence electrons. The number of rotatable bonds is 6. The van der Waals surface area contributed by atoms with E-state index in [0.29, 0.717) is 11.3 Å². The summed E-state index contributed by atoms with van der Waals surface area (Å²) in [6.07, 6.45) is 8.69. The minimum absolute atomic E-state index is 0.137. The van der Waals surface area contributed by atoms with Gasteiger partial charge in [-0.05, 0) is 30.7 Å². The molecule has 0 saturated heterocycles. The van der Waals surface area contributed by atoms with Gasteiger partial charge in [-0.15, -0.1) is 0 Å². The lowest BCUT2D eigenvalue weighted by Crippen LogP contribution is -2.39. The predicted octanol–water partition coefficient (Wildman–Crippen LogP) is 4.51. The van der Waals surface area contributed by atoms with Crippen molar-refractivity contribution >= 4 is 33.4 Å². The van der Waals surface area contributed by atoms with E-state index in [1.165, 1.54) is 38.2 Å². The highest BCUT2D eigenvalue weighted by Crippen LogP contribution is 2.38. The zero-order valence-corrected chi connectivity index (χ0v) is 14.6. The van der Waals surface area contributed by atoms with Gasteiger partial charge in [-0.3, -0.25) is 10.1 Å². The summed E-state index contributed by atoms with van der Waals surface area (Å²) in [4.78, 5) is 10.5. The Morgan fingerprint density at radius 1 is 1.33 bits per heavy atom. The summed E-state index contributed by atoms with van der Waals surface area (Å²) >= 11 is 5.30. The van der Waals surface area contributed by atoms with Crippen molar-refractivity contribution in [1.82, 2.24) is 5.32 Å². The minimum atomic E-state index is -0.348. The average molecular weight is 373 g/mol. The average Bonchev–Trinajstić information content (AvgIpc) is 2.47. The first-order valence-electron chi connectivity index (χ1n) is 7.24. The lowest BCUT2D eigenvalue weighted by Gasteiger charge is -2.36. The number of nitro groups is 1. The van der Waals surface area contributed by atoms with Crippen LogP contribution >= 0.6 is 27.7 Å². The van der Waals surface area contributed by atoms with Gasteiger partial charge in [-0.1, -0.05) is 35.2 Å². The van der Waals surface area contributed by atoms with Gasteiger partial charge in [-0.25, -0.2) is 0 Å². The second kappa shape index (κ2) is 7.61. The maximum atomic E-state index is 10.9. The summed E-state index contributed by atoms with van der Waals surface area (Å²) in [7, 11) is 0. The number of nitrogens with one attached hydrogen (secondary N) is 1. The van der Waals surface area contributed by atoms with E-state index < -0.39 is 0 Å². The highest BCUT2D eigenvalue weighted by Gasteiger charge is 2.30. The monoisotopic (exact) mass is 372 g/mol. The van der Waals surface area contributed by atoms with Crippen molar-refractivity contribution in [3.63, 3.8) is 0 Å². The third kappa shape index (κ3) is 4.69. The van der Waals surface area contributed by atoms with E-state index in [1.54, 1.807) is 6.07 Å². The number of hydrogen-bond donors (Lipinski definition) is 1. The minimum Gasteiger partial charge on any atom is -0.311 e. The third-order valence-electron chi connectivity index (χ3n) is 4.13. The van der Waals surface area contributed by atoms with Crippen LogP contribution in [0.3, 0.4) is 0 Å². The quantitative estimate of drug-likeness (QED) is 0.589. The molecule has 0 heterocycles. The summed E-state index contributed by atoms with van der Waals surface area (Å²) < 4.78 is 1.10. The van der Waals surface area contributed by atoms with Crippen LogP contribution in [0.25, 0.3) is 0 Å². The molecule has 0 radical (unpaired) electrons. The van der Waals surface area contributed by atoms with Gasteiger partial charge in [0, 0.05) is 34.4 Å². The maximum absolute atomic E-state index is 10.9. The van der Waals surface area contributed by atoms with Crippen LogP contribution in [-0.2, 0) is 6.54 Å². The Bertz CT molecular complexity index is 504. The Morgan fingerprint density at radius 2 is 2.05 bits per heavy atom. The molecule has 0 spiro atoms. The molecule has 0 aromatic heterocycles. The molecule has 1 aliphatic carbocycles. The predicted molar refractivity (Wildman–Crippen MR) is 91.8 cm³/mol. The molecule has 21 heavy (non-hydrogen) atoms. The molecule has 1 N–H and O–H groups in total. The Kier molecular flexibility index (Phi) is 6.08. The SMILES string of the molecule is CSC1(CNCc2cc(Br)cc([N+](=O)[O-])c2)CCCCC1. The van der Waals surface area contributed by atoms with Gasteiger partial charge in [0.1, 0.15) is 0 Å². The van der Waals surface area contributed by atoms with Crippen LogP contribution in [0.5, 0.6) is 0 Å². The molecule has 1 saturated carbocycles. The normalized spacial score (nSPS) is 17.6. The van der Waals surface area contributed by atoms with Crippen molar-refractivity contribution in [1.29, 1.82) is 0 Å². The van der Waals surface area contributed by atoms with E-state index in [1.807, 2.05) is 17.8 Å². The van der Waals surface area contributed by atoms with Crippen LogP contribution in [0.4, 0.5) is 5.69 Å². The summed E-state index contributed by atoms with van der Waals surface area (Å²) in [6, 6.07) is 5.12. The van der Waals surface area contributed by atoms with Crippen LogP contribution in [0, 0.1) is 10.1 Å². The fourth-order valence-electron chi connectivity index (χ4n) is 2.92. The number of benzene rings is 1. The lowest BCUT2D eigenvalue weighted by molar-refractivity contribution is -0.385. The number of non-ortho nitro benzene ring substituents is 1. The maximum Gasteiger partial charge on any atom is 0.270 e. The number of thioether (sulfide) groups is 1. The molecule has 1 aliphatic rings. The second-order valence-electron chi connectivity index (χ2n) is 5.63. The van der Waals surface area contributed by atoms with Crippen LogP contribution in [0.1, 0.15) is 37.7 Å². The van der Waals surface area contributed by atoms with Crippen LogP contribution in [0.2, 0.25) is 0 Å². The Balaban J connectivity index is 1.95. The molecular formula is C15H21BrN2O2S. The number of hydrogen-bond acceptors (Lipinski definition) is 4. The van der Waals surface area contributed by atoms with Crippen molar-refractivity contribution < 1.29 is 4.92 Å². The molecule has 1 aromatic carbocycles. The lowest BCUT2D eigenvalue weighted by atomic mass is 9.88. The zero-order chi connectivity index (χ0) is 15.3. The first-order valence-corrected chi connectivity index (χ1v) is 9.26. The van der Waals surface area contributed by atoms with Crippen molar-refractivity contribution in [2.24, 2.45) is 0 Å². The van der Waals surface area contributed by atoms with E-state index in [4.69, 9.17) is 0 Å². The molecule has 4 nitrogen and oxygen atoms in total. The highest BCUT2D eigenvalue weighted by atomic mass is 79.9. The van der Waals surface area contributed by atoms with Gasteiger partial charge in [0.15, 0.2) is 0 Å². The number of nitrogens with zero attached hydrogens (tertiary/aromatic N) is 1. The molecule has 0 bridgehead atoms. The fraction of sp³-hybridized carbons (Fsp3) is 0.600. The molecule has 6 heteroatoms. The van der Waals surface area contributed by atoms with Gasteiger partial charge in [0.25, 0.3) is 5.69 Å². The van der Waals surface area contributed by atoms with E-state index >= 15 is 0 Å². The van der Waals surface area contributed by atoms with E-state index in [9.17, 15) is 10.1 Å². The second-order valence-corrected chi connectivity index (χ2v) is 7.82. The van der Waals surface area contributed by atoms with Gasteiger partial charge in [0.05, 0.1) is 4.92 Å². The Morgan fingerprint density at radius 3 is 2.67 bits per heavy atom. The van der Waals surface area contributed by atoms with Crippen molar-refractivity contribution in [3.8, 4) is 0 Å². The molecule has 0 unspecified atom stereocenters. The van der Waals surface area contributed by atoms with Crippen LogP contribution in [0.15, 0.2) is 22.7 Å². The summed E-state index contributed by atoms with van der Waals surface area (Å²) in [6.45, 7) is 1.64. The Hall–Kier alpha value is -0.590.